The zero-order valence-corrected chi connectivity index (χ0v) is 20.6. The highest BCUT2D eigenvalue weighted by Gasteiger charge is 2.26. The van der Waals surface area contributed by atoms with Crippen molar-refractivity contribution in [2.45, 2.75) is 155 Å². The molecule has 0 aromatic heterocycles. The Balaban J connectivity index is 1.98. The number of hydrogen-bond acceptors (Lipinski definition) is 2. The van der Waals surface area contributed by atoms with Crippen LogP contribution in [0.4, 0.5) is 0 Å². The minimum absolute atomic E-state index is 0.610. The highest BCUT2D eigenvalue weighted by Crippen LogP contribution is 2.24. The Morgan fingerprint density at radius 2 is 1.03 bits per heavy atom. The summed E-state index contributed by atoms with van der Waals surface area (Å²) in [6.45, 7) is 10.5. The van der Waals surface area contributed by atoms with Crippen LogP contribution in [0, 0.1) is 0 Å². The molecule has 1 rings (SSSR count). The third kappa shape index (κ3) is 12.6. The van der Waals surface area contributed by atoms with Gasteiger partial charge in [-0.3, -0.25) is 0 Å². The second-order valence-corrected chi connectivity index (χ2v) is 9.65. The van der Waals surface area contributed by atoms with Gasteiger partial charge in [-0.25, -0.2) is 0 Å². The molecule has 0 amide bonds. The van der Waals surface area contributed by atoms with Crippen molar-refractivity contribution in [2.24, 2.45) is 0 Å². The average Bonchev–Trinajstić information content (AvgIpc) is 3.11. The Kier molecular flexibility index (Phi) is 16.5. The quantitative estimate of drug-likeness (QED) is 0.186. The Morgan fingerprint density at radius 3 is 1.52 bits per heavy atom. The van der Waals surface area contributed by atoms with E-state index in [4.69, 9.17) is 0 Å². The van der Waals surface area contributed by atoms with Crippen LogP contribution in [-0.2, 0) is 0 Å². The van der Waals surface area contributed by atoms with Gasteiger partial charge >= 0.3 is 0 Å². The van der Waals surface area contributed by atoms with Crippen LogP contribution in [0.5, 0.6) is 0 Å². The molecule has 0 bridgehead atoms. The van der Waals surface area contributed by atoms with Crippen LogP contribution < -0.4 is 0 Å². The van der Waals surface area contributed by atoms with Crippen molar-refractivity contribution < 1.29 is 0 Å². The van der Waals surface area contributed by atoms with Crippen molar-refractivity contribution in [3.05, 3.63) is 12.4 Å². The predicted molar refractivity (Wildman–Crippen MR) is 131 cm³/mol. The molecule has 0 aromatic carbocycles. The van der Waals surface area contributed by atoms with E-state index in [0.29, 0.717) is 12.2 Å². The standard InChI is InChI=1S/C27H54N2/c1-5-7-9-10-11-12-13-14-15-16-17-18-19-21-23-28-24-25-29(26(3)4)27(28)22-20-8-6-2/h24-27H,5-23H2,1-4H3. The van der Waals surface area contributed by atoms with Crippen molar-refractivity contribution in [1.29, 1.82) is 0 Å². The van der Waals surface area contributed by atoms with Gasteiger partial charge in [0.15, 0.2) is 0 Å². The van der Waals surface area contributed by atoms with Crippen molar-refractivity contribution in [2.75, 3.05) is 6.54 Å². The fourth-order valence-corrected chi connectivity index (χ4v) is 4.65. The number of hydrogen-bond donors (Lipinski definition) is 0. The summed E-state index contributed by atoms with van der Waals surface area (Å²) < 4.78 is 0. The molecule has 1 aliphatic rings. The van der Waals surface area contributed by atoms with Crippen LogP contribution in [0.1, 0.15) is 143 Å². The zero-order valence-electron chi connectivity index (χ0n) is 20.6. The van der Waals surface area contributed by atoms with E-state index in [1.54, 1.807) is 0 Å². The minimum atomic E-state index is 0.610. The van der Waals surface area contributed by atoms with E-state index in [9.17, 15) is 0 Å². The van der Waals surface area contributed by atoms with Gasteiger partial charge in [0.05, 0.1) is 0 Å². The molecule has 1 heterocycles. The summed E-state index contributed by atoms with van der Waals surface area (Å²) in [6.07, 6.45) is 30.9. The normalized spacial score (nSPS) is 16.5. The Morgan fingerprint density at radius 1 is 0.586 bits per heavy atom. The largest absolute Gasteiger partial charge is 0.356 e. The van der Waals surface area contributed by atoms with Gasteiger partial charge in [0, 0.05) is 25.0 Å². The lowest BCUT2D eigenvalue weighted by molar-refractivity contribution is 0.114. The number of unbranched alkanes of at least 4 members (excludes halogenated alkanes) is 15. The van der Waals surface area contributed by atoms with Gasteiger partial charge in [0.1, 0.15) is 6.17 Å². The molecule has 0 aromatic rings. The molecule has 172 valence electrons. The molecule has 0 radical (unpaired) electrons. The molecule has 1 aliphatic heterocycles. The molecule has 0 saturated carbocycles. The number of nitrogens with zero attached hydrogens (tertiary/aromatic N) is 2. The molecular formula is C27H54N2. The molecule has 2 heteroatoms. The monoisotopic (exact) mass is 406 g/mol. The van der Waals surface area contributed by atoms with Gasteiger partial charge in [0.2, 0.25) is 0 Å². The SMILES string of the molecule is CCCCCCCCCCCCCCCCN1C=CN(C(C)C)C1CCCCC. The first kappa shape index (κ1) is 26.4. The first-order valence-electron chi connectivity index (χ1n) is 13.4. The summed E-state index contributed by atoms with van der Waals surface area (Å²) in [5, 5.41) is 0. The highest BCUT2D eigenvalue weighted by atomic mass is 15.4. The zero-order chi connectivity index (χ0) is 21.2. The van der Waals surface area contributed by atoms with Crippen LogP contribution in [0.3, 0.4) is 0 Å². The van der Waals surface area contributed by atoms with Crippen LogP contribution in [-0.4, -0.2) is 28.6 Å². The van der Waals surface area contributed by atoms with E-state index in [2.05, 4.69) is 49.9 Å². The highest BCUT2D eigenvalue weighted by molar-refractivity contribution is 4.98. The van der Waals surface area contributed by atoms with Gasteiger partial charge in [0.25, 0.3) is 0 Å². The summed E-state index contributed by atoms with van der Waals surface area (Å²) in [5.74, 6) is 0. The lowest BCUT2D eigenvalue weighted by Crippen LogP contribution is -2.42. The van der Waals surface area contributed by atoms with E-state index >= 15 is 0 Å². The maximum atomic E-state index is 2.62. The summed E-state index contributed by atoms with van der Waals surface area (Å²) >= 11 is 0. The predicted octanol–water partition coefficient (Wildman–Crippen LogP) is 8.87. The maximum absolute atomic E-state index is 2.62. The summed E-state index contributed by atoms with van der Waals surface area (Å²) in [6, 6.07) is 0.610. The topological polar surface area (TPSA) is 6.48 Å². The van der Waals surface area contributed by atoms with Crippen molar-refractivity contribution >= 4 is 0 Å². The van der Waals surface area contributed by atoms with E-state index in [1.807, 2.05) is 0 Å². The van der Waals surface area contributed by atoms with E-state index in [0.717, 1.165) is 0 Å². The Labute approximate surface area is 184 Å². The fourth-order valence-electron chi connectivity index (χ4n) is 4.65. The molecule has 0 fully saturated rings. The van der Waals surface area contributed by atoms with Crippen molar-refractivity contribution in [3.8, 4) is 0 Å². The third-order valence-electron chi connectivity index (χ3n) is 6.59. The van der Waals surface area contributed by atoms with Crippen LogP contribution in [0.15, 0.2) is 12.4 Å². The van der Waals surface area contributed by atoms with Crippen LogP contribution in [0.25, 0.3) is 0 Å². The first-order valence-corrected chi connectivity index (χ1v) is 13.4. The second kappa shape index (κ2) is 18.1. The van der Waals surface area contributed by atoms with Crippen LogP contribution >= 0.6 is 0 Å². The first-order chi connectivity index (χ1) is 14.2. The van der Waals surface area contributed by atoms with E-state index < -0.39 is 0 Å². The Hall–Kier alpha value is -0.660. The summed E-state index contributed by atoms with van der Waals surface area (Å²) in [4.78, 5) is 5.19. The molecule has 0 saturated heterocycles. The molecule has 29 heavy (non-hydrogen) atoms. The Bertz CT molecular complexity index is 377. The summed E-state index contributed by atoms with van der Waals surface area (Å²) in [5.41, 5.74) is 0. The van der Waals surface area contributed by atoms with Crippen molar-refractivity contribution in [1.82, 2.24) is 9.80 Å². The molecular weight excluding hydrogens is 352 g/mol. The van der Waals surface area contributed by atoms with Gasteiger partial charge < -0.3 is 9.80 Å². The molecule has 1 atom stereocenters. The molecule has 1 unspecified atom stereocenters. The smallest absolute Gasteiger partial charge is 0.101 e. The molecule has 0 N–H and O–H groups in total. The van der Waals surface area contributed by atoms with Gasteiger partial charge in [-0.15, -0.1) is 0 Å². The van der Waals surface area contributed by atoms with Crippen molar-refractivity contribution in [3.63, 3.8) is 0 Å². The second-order valence-electron chi connectivity index (χ2n) is 9.65. The van der Waals surface area contributed by atoms with Gasteiger partial charge in [-0.2, -0.15) is 0 Å². The van der Waals surface area contributed by atoms with Gasteiger partial charge in [-0.1, -0.05) is 110 Å². The number of rotatable bonds is 20. The molecule has 2 nitrogen and oxygen atoms in total. The summed E-state index contributed by atoms with van der Waals surface area (Å²) in [7, 11) is 0. The third-order valence-corrected chi connectivity index (χ3v) is 6.59. The lowest BCUT2D eigenvalue weighted by atomic mass is 10.0. The lowest BCUT2D eigenvalue weighted by Gasteiger charge is -2.35. The molecule has 0 aliphatic carbocycles. The average molecular weight is 407 g/mol. The van der Waals surface area contributed by atoms with E-state index in [-0.39, 0.29) is 0 Å². The van der Waals surface area contributed by atoms with Crippen LogP contribution in [0.2, 0.25) is 0 Å². The molecule has 0 spiro atoms. The minimum Gasteiger partial charge on any atom is -0.356 e. The van der Waals surface area contributed by atoms with E-state index in [1.165, 1.54) is 122 Å². The maximum Gasteiger partial charge on any atom is 0.101 e. The van der Waals surface area contributed by atoms with Gasteiger partial charge in [-0.05, 0) is 33.1 Å². The fraction of sp³-hybridized carbons (Fsp3) is 0.926.